The molecule has 0 saturated carbocycles. The number of urea groups is 1. The molecule has 0 aromatic carbocycles. The summed E-state index contributed by atoms with van der Waals surface area (Å²) in [6, 6.07) is -0.656. The first kappa shape index (κ1) is 13.9. The van der Waals surface area contributed by atoms with Crippen molar-refractivity contribution in [3.63, 3.8) is 0 Å². The Morgan fingerprint density at radius 1 is 1.28 bits per heavy atom. The van der Waals surface area contributed by atoms with E-state index in [1.165, 1.54) is 14.0 Å². The Hall–Kier alpha value is -2.18. The van der Waals surface area contributed by atoms with E-state index in [0.29, 0.717) is 0 Å². The van der Waals surface area contributed by atoms with Crippen LogP contribution in [0.5, 0.6) is 0 Å². The van der Waals surface area contributed by atoms with Gasteiger partial charge in [-0.25, -0.2) is 9.59 Å². The standard InChI is InChI=1S/C11H14N2O5/c1-7(2)10(16)18-6-4-5-13-9(15)8(14)12(3)11(13)17/h1,4-6H2,2-3H3. The van der Waals surface area contributed by atoms with E-state index in [9.17, 15) is 19.2 Å². The maximum Gasteiger partial charge on any atom is 0.333 e. The lowest BCUT2D eigenvalue weighted by molar-refractivity contribution is -0.143. The largest absolute Gasteiger partial charge is 0.462 e. The van der Waals surface area contributed by atoms with Gasteiger partial charge in [0.2, 0.25) is 0 Å². The van der Waals surface area contributed by atoms with Gasteiger partial charge in [-0.05, 0) is 13.3 Å². The summed E-state index contributed by atoms with van der Waals surface area (Å²) in [4.78, 5) is 46.6. The average molecular weight is 254 g/mol. The number of esters is 1. The van der Waals surface area contributed by atoms with E-state index in [0.717, 1.165) is 9.80 Å². The predicted molar refractivity (Wildman–Crippen MR) is 60.3 cm³/mol. The summed E-state index contributed by atoms with van der Waals surface area (Å²) in [6.07, 6.45) is 0.275. The summed E-state index contributed by atoms with van der Waals surface area (Å²) in [5.74, 6) is -2.23. The minimum Gasteiger partial charge on any atom is -0.462 e. The van der Waals surface area contributed by atoms with Crippen molar-refractivity contribution in [1.29, 1.82) is 0 Å². The number of hydrogen-bond acceptors (Lipinski definition) is 5. The summed E-state index contributed by atoms with van der Waals surface area (Å²) < 4.78 is 4.80. The van der Waals surface area contributed by atoms with Crippen molar-refractivity contribution in [3.8, 4) is 0 Å². The fourth-order valence-corrected chi connectivity index (χ4v) is 1.32. The van der Waals surface area contributed by atoms with Gasteiger partial charge in [-0.2, -0.15) is 0 Å². The molecule has 1 heterocycles. The van der Waals surface area contributed by atoms with Gasteiger partial charge < -0.3 is 4.74 Å². The highest BCUT2D eigenvalue weighted by Gasteiger charge is 2.41. The third-order valence-electron chi connectivity index (χ3n) is 2.36. The molecule has 18 heavy (non-hydrogen) atoms. The zero-order valence-electron chi connectivity index (χ0n) is 10.3. The number of rotatable bonds is 5. The highest BCUT2D eigenvalue weighted by atomic mass is 16.5. The van der Waals surface area contributed by atoms with Crippen LogP contribution < -0.4 is 0 Å². The van der Waals surface area contributed by atoms with Crippen LogP contribution in [0.15, 0.2) is 12.2 Å². The third kappa shape index (κ3) is 2.73. The molecule has 0 aliphatic carbocycles. The van der Waals surface area contributed by atoms with Crippen LogP contribution in [0.25, 0.3) is 0 Å². The molecule has 4 amide bonds. The second-order valence-electron chi connectivity index (χ2n) is 3.87. The van der Waals surface area contributed by atoms with Gasteiger partial charge in [0.05, 0.1) is 6.61 Å². The van der Waals surface area contributed by atoms with E-state index in [-0.39, 0.29) is 25.1 Å². The fraction of sp³-hybridized carbons (Fsp3) is 0.455. The molecule has 1 aliphatic rings. The van der Waals surface area contributed by atoms with Gasteiger partial charge in [0.25, 0.3) is 0 Å². The van der Waals surface area contributed by atoms with Gasteiger partial charge in [-0.15, -0.1) is 0 Å². The van der Waals surface area contributed by atoms with Crippen molar-refractivity contribution >= 4 is 23.8 Å². The zero-order valence-corrected chi connectivity index (χ0v) is 10.3. The maximum atomic E-state index is 11.5. The van der Waals surface area contributed by atoms with E-state index < -0.39 is 23.8 Å². The number of ether oxygens (including phenoxy) is 1. The minimum atomic E-state index is -0.853. The Labute approximate surface area is 104 Å². The molecule has 98 valence electrons. The SMILES string of the molecule is C=C(C)C(=O)OCCCN1C(=O)C(=O)N(C)C1=O. The van der Waals surface area contributed by atoms with E-state index in [2.05, 4.69) is 6.58 Å². The van der Waals surface area contributed by atoms with Crippen molar-refractivity contribution in [1.82, 2.24) is 9.80 Å². The number of carbonyl (C=O) groups excluding carboxylic acids is 4. The van der Waals surface area contributed by atoms with Gasteiger partial charge in [-0.3, -0.25) is 19.4 Å². The number of amides is 4. The topological polar surface area (TPSA) is 84.0 Å². The average Bonchev–Trinajstić information content (AvgIpc) is 2.50. The van der Waals surface area contributed by atoms with E-state index >= 15 is 0 Å². The molecular weight excluding hydrogens is 240 g/mol. The lowest BCUT2D eigenvalue weighted by Gasteiger charge is -2.12. The molecule has 1 saturated heterocycles. The Morgan fingerprint density at radius 2 is 1.89 bits per heavy atom. The molecule has 1 rings (SSSR count). The van der Waals surface area contributed by atoms with Gasteiger partial charge in [0, 0.05) is 19.2 Å². The smallest absolute Gasteiger partial charge is 0.333 e. The summed E-state index contributed by atoms with van der Waals surface area (Å²) in [6.45, 7) is 5.02. The monoisotopic (exact) mass is 254 g/mol. The highest BCUT2D eigenvalue weighted by Crippen LogP contribution is 2.10. The van der Waals surface area contributed by atoms with Crippen LogP contribution in [0, 0.1) is 0 Å². The van der Waals surface area contributed by atoms with Crippen molar-refractivity contribution in [2.75, 3.05) is 20.2 Å². The molecule has 7 nitrogen and oxygen atoms in total. The van der Waals surface area contributed by atoms with Gasteiger partial charge in [0.15, 0.2) is 0 Å². The van der Waals surface area contributed by atoms with E-state index in [4.69, 9.17) is 4.74 Å². The lowest BCUT2D eigenvalue weighted by Crippen LogP contribution is -2.33. The second kappa shape index (κ2) is 5.44. The number of nitrogens with zero attached hydrogens (tertiary/aromatic N) is 2. The van der Waals surface area contributed by atoms with Crippen LogP contribution in [-0.4, -0.2) is 53.8 Å². The molecule has 7 heteroatoms. The Bertz CT molecular complexity index is 429. The fourth-order valence-electron chi connectivity index (χ4n) is 1.32. The van der Waals surface area contributed by atoms with Crippen molar-refractivity contribution in [2.24, 2.45) is 0 Å². The zero-order chi connectivity index (χ0) is 13.9. The Morgan fingerprint density at radius 3 is 2.33 bits per heavy atom. The maximum absolute atomic E-state index is 11.5. The number of imide groups is 2. The van der Waals surface area contributed by atoms with Crippen LogP contribution in [0.4, 0.5) is 4.79 Å². The molecule has 0 aromatic rings. The summed E-state index contributed by atoms with van der Waals surface area (Å²) in [5, 5.41) is 0. The first-order valence-corrected chi connectivity index (χ1v) is 5.32. The summed E-state index contributed by atoms with van der Waals surface area (Å²) in [7, 11) is 1.24. The van der Waals surface area contributed by atoms with Crippen molar-refractivity contribution < 1.29 is 23.9 Å². The number of carbonyl (C=O) groups is 4. The van der Waals surface area contributed by atoms with Crippen LogP contribution in [0.3, 0.4) is 0 Å². The molecule has 0 aromatic heterocycles. The quantitative estimate of drug-likeness (QED) is 0.225. The highest BCUT2D eigenvalue weighted by molar-refractivity contribution is 6.44. The van der Waals surface area contributed by atoms with Crippen LogP contribution in [0.1, 0.15) is 13.3 Å². The molecule has 0 spiro atoms. The first-order valence-electron chi connectivity index (χ1n) is 5.32. The molecule has 0 N–H and O–H groups in total. The third-order valence-corrected chi connectivity index (χ3v) is 2.36. The number of hydrogen-bond donors (Lipinski definition) is 0. The second-order valence-corrected chi connectivity index (χ2v) is 3.87. The molecule has 0 unspecified atom stereocenters. The molecule has 0 atom stereocenters. The molecule has 0 bridgehead atoms. The van der Waals surface area contributed by atoms with Crippen molar-refractivity contribution in [2.45, 2.75) is 13.3 Å². The van der Waals surface area contributed by atoms with Gasteiger partial charge >= 0.3 is 23.8 Å². The van der Waals surface area contributed by atoms with Gasteiger partial charge in [-0.1, -0.05) is 6.58 Å². The Kier molecular flexibility index (Phi) is 4.19. The van der Waals surface area contributed by atoms with E-state index in [1.54, 1.807) is 0 Å². The van der Waals surface area contributed by atoms with Crippen LogP contribution >= 0.6 is 0 Å². The van der Waals surface area contributed by atoms with Gasteiger partial charge in [0.1, 0.15) is 0 Å². The van der Waals surface area contributed by atoms with Crippen LogP contribution in [0.2, 0.25) is 0 Å². The molecule has 0 radical (unpaired) electrons. The molecule has 1 aliphatic heterocycles. The normalized spacial score (nSPS) is 15.3. The van der Waals surface area contributed by atoms with E-state index in [1.807, 2.05) is 0 Å². The summed E-state index contributed by atoms with van der Waals surface area (Å²) >= 11 is 0. The first-order chi connectivity index (χ1) is 8.36. The summed E-state index contributed by atoms with van der Waals surface area (Å²) in [5.41, 5.74) is 0.276. The predicted octanol–water partition coefficient (Wildman–Crippen LogP) is -0.0836. The lowest BCUT2D eigenvalue weighted by atomic mass is 10.3. The number of likely N-dealkylation sites (N-methyl/N-ethyl adjacent to an activating group) is 1. The molecular formula is C11H14N2O5. The Balaban J connectivity index is 2.39. The molecule has 1 fully saturated rings. The minimum absolute atomic E-state index is 0.0389. The van der Waals surface area contributed by atoms with Crippen molar-refractivity contribution in [3.05, 3.63) is 12.2 Å². The van der Waals surface area contributed by atoms with Crippen LogP contribution in [-0.2, 0) is 19.1 Å².